The van der Waals surface area contributed by atoms with Crippen molar-refractivity contribution in [3.05, 3.63) is 101 Å². The molecule has 30 heavy (non-hydrogen) atoms. The number of benzene rings is 3. The van der Waals surface area contributed by atoms with Crippen molar-refractivity contribution in [3.8, 4) is 11.6 Å². The molecule has 148 valence electrons. The highest BCUT2D eigenvalue weighted by atomic mass is 16.5. The second kappa shape index (κ2) is 8.17. The lowest BCUT2D eigenvalue weighted by atomic mass is 10.1. The average Bonchev–Trinajstić information content (AvgIpc) is 2.74. The summed E-state index contributed by atoms with van der Waals surface area (Å²) >= 11 is 0. The van der Waals surface area contributed by atoms with Crippen molar-refractivity contribution >= 4 is 22.8 Å². The second-order valence-electron chi connectivity index (χ2n) is 7.02. The summed E-state index contributed by atoms with van der Waals surface area (Å²) in [6, 6.07) is 22.8. The van der Waals surface area contributed by atoms with Crippen LogP contribution in [-0.4, -0.2) is 16.9 Å². The Balaban J connectivity index is 1.49. The predicted molar refractivity (Wildman–Crippen MR) is 114 cm³/mol. The topological polar surface area (TPSA) is 65.5 Å². The Hall–Kier alpha value is -3.99. The number of fused-ring (bicyclic) bond motifs is 1. The fourth-order valence-corrected chi connectivity index (χ4v) is 2.90. The Morgan fingerprint density at radius 3 is 1.83 bits per heavy atom. The third-order valence-electron chi connectivity index (χ3n) is 4.62. The minimum absolute atomic E-state index is 0.206. The third-order valence-corrected chi connectivity index (χ3v) is 4.62. The number of aromatic nitrogens is 1. The Labute approximate surface area is 173 Å². The largest absolute Gasteiger partial charge is 0.423 e. The molecule has 3 aromatic carbocycles. The van der Waals surface area contributed by atoms with Crippen LogP contribution in [0, 0.1) is 13.8 Å². The minimum Gasteiger partial charge on any atom is -0.423 e. The van der Waals surface area contributed by atoms with Crippen molar-refractivity contribution in [1.29, 1.82) is 0 Å². The molecule has 0 aliphatic carbocycles. The first-order valence-electron chi connectivity index (χ1n) is 9.46. The molecular weight excluding hydrogens is 378 g/mol. The summed E-state index contributed by atoms with van der Waals surface area (Å²) in [5, 5.41) is 0.763. The van der Waals surface area contributed by atoms with E-state index in [1.807, 2.05) is 38.1 Å². The van der Waals surface area contributed by atoms with Gasteiger partial charge in [0.25, 0.3) is 0 Å². The number of rotatable bonds is 4. The van der Waals surface area contributed by atoms with Crippen LogP contribution < -0.4 is 9.47 Å². The van der Waals surface area contributed by atoms with Gasteiger partial charge in [0.1, 0.15) is 5.75 Å². The number of ether oxygens (including phenoxy) is 2. The van der Waals surface area contributed by atoms with Crippen molar-refractivity contribution in [2.45, 2.75) is 13.8 Å². The van der Waals surface area contributed by atoms with E-state index >= 15 is 0 Å². The van der Waals surface area contributed by atoms with E-state index in [-0.39, 0.29) is 5.88 Å². The molecule has 1 heterocycles. The maximum Gasteiger partial charge on any atom is 0.344 e. The van der Waals surface area contributed by atoms with E-state index in [2.05, 4.69) is 4.98 Å². The predicted octanol–water partition coefficient (Wildman–Crippen LogP) is 5.29. The zero-order chi connectivity index (χ0) is 21.1. The highest BCUT2D eigenvalue weighted by molar-refractivity contribution is 5.92. The van der Waals surface area contributed by atoms with E-state index in [1.54, 1.807) is 54.6 Å². The maximum absolute atomic E-state index is 12.3. The van der Waals surface area contributed by atoms with Gasteiger partial charge in [0.15, 0.2) is 0 Å². The fraction of sp³-hybridized carbons (Fsp3) is 0.0800. The maximum atomic E-state index is 12.3. The minimum atomic E-state index is -0.467. The summed E-state index contributed by atoms with van der Waals surface area (Å²) in [4.78, 5) is 28.9. The molecule has 0 aliphatic heterocycles. The number of carbonyl (C=O) groups excluding carboxylic acids is 2. The van der Waals surface area contributed by atoms with Crippen LogP contribution in [-0.2, 0) is 0 Å². The number of pyridine rings is 1. The van der Waals surface area contributed by atoms with Crippen LogP contribution in [0.1, 0.15) is 31.8 Å². The fourth-order valence-electron chi connectivity index (χ4n) is 2.90. The monoisotopic (exact) mass is 397 g/mol. The highest BCUT2D eigenvalue weighted by Gasteiger charge is 2.12. The number of carbonyl (C=O) groups is 2. The Morgan fingerprint density at radius 2 is 1.23 bits per heavy atom. The molecule has 0 saturated heterocycles. The van der Waals surface area contributed by atoms with Crippen LogP contribution >= 0.6 is 0 Å². The van der Waals surface area contributed by atoms with Crippen LogP contribution in [0.3, 0.4) is 0 Å². The van der Waals surface area contributed by atoms with Gasteiger partial charge in [-0.25, -0.2) is 14.6 Å². The molecule has 0 bridgehead atoms. The van der Waals surface area contributed by atoms with Gasteiger partial charge in [-0.2, -0.15) is 0 Å². The molecule has 4 aromatic rings. The molecule has 1 aromatic heterocycles. The van der Waals surface area contributed by atoms with Gasteiger partial charge < -0.3 is 9.47 Å². The first kappa shape index (κ1) is 19.3. The van der Waals surface area contributed by atoms with Crippen LogP contribution in [0.2, 0.25) is 0 Å². The van der Waals surface area contributed by atoms with Crippen LogP contribution in [0.25, 0.3) is 10.9 Å². The van der Waals surface area contributed by atoms with Gasteiger partial charge in [-0.15, -0.1) is 0 Å². The van der Waals surface area contributed by atoms with Crippen molar-refractivity contribution in [3.63, 3.8) is 0 Å². The molecule has 0 amide bonds. The molecule has 0 unspecified atom stereocenters. The van der Waals surface area contributed by atoms with Gasteiger partial charge in [0, 0.05) is 11.5 Å². The summed E-state index contributed by atoms with van der Waals surface area (Å²) in [5.74, 6) is -0.270. The standard InChI is InChI=1S/C25H19NO4/c1-16-3-7-18(8-4-16)24(27)29-21-12-13-22-20(15-21)11-14-23(26-22)30-25(28)19-9-5-17(2)6-10-19/h3-15H,1-2H3. The van der Waals surface area contributed by atoms with Crippen LogP contribution in [0.5, 0.6) is 11.6 Å². The molecule has 0 radical (unpaired) electrons. The molecule has 5 heteroatoms. The Morgan fingerprint density at radius 1 is 0.667 bits per heavy atom. The number of aryl methyl sites for hydroxylation is 2. The van der Waals surface area contributed by atoms with Gasteiger partial charge in [-0.3, -0.25) is 0 Å². The third kappa shape index (κ3) is 4.36. The normalized spacial score (nSPS) is 10.6. The smallest absolute Gasteiger partial charge is 0.344 e. The lowest BCUT2D eigenvalue weighted by Gasteiger charge is -2.08. The number of nitrogens with zero attached hydrogens (tertiary/aromatic N) is 1. The molecule has 0 spiro atoms. The van der Waals surface area contributed by atoms with Crippen LogP contribution in [0.15, 0.2) is 78.9 Å². The number of hydrogen-bond donors (Lipinski definition) is 0. The van der Waals surface area contributed by atoms with E-state index in [0.29, 0.717) is 22.4 Å². The van der Waals surface area contributed by atoms with E-state index in [0.717, 1.165) is 16.5 Å². The first-order chi connectivity index (χ1) is 14.5. The zero-order valence-electron chi connectivity index (χ0n) is 16.6. The number of hydrogen-bond acceptors (Lipinski definition) is 5. The first-order valence-corrected chi connectivity index (χ1v) is 9.46. The molecule has 0 atom stereocenters. The molecule has 0 N–H and O–H groups in total. The Bertz CT molecular complexity index is 1130. The molecule has 0 aliphatic rings. The van der Waals surface area contributed by atoms with Crippen LogP contribution in [0.4, 0.5) is 0 Å². The van der Waals surface area contributed by atoms with E-state index in [1.165, 1.54) is 0 Å². The van der Waals surface area contributed by atoms with Crippen molar-refractivity contribution < 1.29 is 19.1 Å². The van der Waals surface area contributed by atoms with Gasteiger partial charge in [0.05, 0.1) is 16.6 Å². The summed E-state index contributed by atoms with van der Waals surface area (Å²) in [5.41, 5.74) is 3.70. The molecule has 0 saturated carbocycles. The SMILES string of the molecule is Cc1ccc(C(=O)Oc2ccc3nc(OC(=O)c4ccc(C)cc4)ccc3c2)cc1. The summed E-state index contributed by atoms with van der Waals surface area (Å²) in [6.07, 6.45) is 0. The van der Waals surface area contributed by atoms with Gasteiger partial charge >= 0.3 is 11.9 Å². The van der Waals surface area contributed by atoms with Gasteiger partial charge in [-0.05, 0) is 62.4 Å². The average molecular weight is 397 g/mol. The van der Waals surface area contributed by atoms with Crippen molar-refractivity contribution in [2.24, 2.45) is 0 Å². The van der Waals surface area contributed by atoms with Gasteiger partial charge in [-0.1, -0.05) is 35.4 Å². The second-order valence-corrected chi connectivity index (χ2v) is 7.02. The van der Waals surface area contributed by atoms with Crippen molar-refractivity contribution in [2.75, 3.05) is 0 Å². The summed E-state index contributed by atoms with van der Waals surface area (Å²) in [6.45, 7) is 3.91. The van der Waals surface area contributed by atoms with E-state index in [4.69, 9.17) is 9.47 Å². The van der Waals surface area contributed by atoms with E-state index in [9.17, 15) is 9.59 Å². The highest BCUT2D eigenvalue weighted by Crippen LogP contribution is 2.23. The Kier molecular flexibility index (Phi) is 5.26. The van der Waals surface area contributed by atoms with Crippen molar-refractivity contribution in [1.82, 2.24) is 4.98 Å². The molecule has 4 rings (SSSR count). The quantitative estimate of drug-likeness (QED) is 0.346. The molecular formula is C25H19NO4. The zero-order valence-corrected chi connectivity index (χ0v) is 16.6. The lowest BCUT2D eigenvalue weighted by Crippen LogP contribution is -2.09. The van der Waals surface area contributed by atoms with Gasteiger partial charge in [0.2, 0.25) is 5.88 Å². The molecule has 0 fully saturated rings. The molecule has 5 nitrogen and oxygen atoms in total. The lowest BCUT2D eigenvalue weighted by molar-refractivity contribution is 0.0720. The van der Waals surface area contributed by atoms with E-state index < -0.39 is 11.9 Å². The number of esters is 2. The summed E-state index contributed by atoms with van der Waals surface area (Å²) < 4.78 is 10.8. The summed E-state index contributed by atoms with van der Waals surface area (Å²) in [7, 11) is 0.